The monoisotopic (exact) mass is 284 g/mol. The SMILES string of the molecule is CCC(=O)Nc1ccc(N(C)CCc2ccncc2)nc1. The van der Waals surface area contributed by atoms with Crippen molar-refractivity contribution in [3.63, 3.8) is 0 Å². The third-order valence-electron chi connectivity index (χ3n) is 3.23. The lowest BCUT2D eigenvalue weighted by Gasteiger charge is -2.18. The first-order valence-electron chi connectivity index (χ1n) is 7.05. The number of amides is 1. The number of anilines is 2. The Labute approximate surface area is 125 Å². The third-order valence-corrected chi connectivity index (χ3v) is 3.23. The molecule has 0 bridgehead atoms. The molecule has 0 aliphatic rings. The summed E-state index contributed by atoms with van der Waals surface area (Å²) in [5.41, 5.74) is 1.98. The minimum absolute atomic E-state index is 0.00408. The molecule has 0 atom stereocenters. The predicted octanol–water partition coefficient (Wildman–Crippen LogP) is 2.50. The first-order valence-corrected chi connectivity index (χ1v) is 7.05. The number of nitrogens with one attached hydrogen (secondary N) is 1. The van der Waals surface area contributed by atoms with E-state index in [-0.39, 0.29) is 5.91 Å². The number of likely N-dealkylation sites (N-methyl/N-ethyl adjacent to an activating group) is 1. The van der Waals surface area contributed by atoms with E-state index in [1.165, 1.54) is 5.56 Å². The van der Waals surface area contributed by atoms with E-state index in [4.69, 9.17) is 0 Å². The number of carbonyl (C=O) groups excluding carboxylic acids is 1. The van der Waals surface area contributed by atoms with Crippen LogP contribution in [-0.2, 0) is 11.2 Å². The standard InChI is InChI=1S/C16H20N4O/c1-3-16(21)19-14-4-5-15(18-12-14)20(2)11-8-13-6-9-17-10-7-13/h4-7,9-10,12H,3,8,11H2,1-2H3,(H,19,21). The molecule has 0 unspecified atom stereocenters. The Bertz CT molecular complexity index is 569. The van der Waals surface area contributed by atoms with Crippen LogP contribution in [-0.4, -0.2) is 29.5 Å². The quantitative estimate of drug-likeness (QED) is 0.885. The van der Waals surface area contributed by atoms with E-state index in [9.17, 15) is 4.79 Å². The summed E-state index contributed by atoms with van der Waals surface area (Å²) in [5.74, 6) is 0.883. The van der Waals surface area contributed by atoms with Crippen molar-refractivity contribution < 1.29 is 4.79 Å². The van der Waals surface area contributed by atoms with Crippen molar-refractivity contribution in [2.24, 2.45) is 0 Å². The van der Waals surface area contributed by atoms with Crippen molar-refractivity contribution in [3.05, 3.63) is 48.4 Å². The molecule has 0 fully saturated rings. The van der Waals surface area contributed by atoms with Crippen LogP contribution in [0.4, 0.5) is 11.5 Å². The molecule has 2 heterocycles. The number of nitrogens with zero attached hydrogens (tertiary/aromatic N) is 3. The van der Waals surface area contributed by atoms with Crippen molar-refractivity contribution in [2.75, 3.05) is 23.8 Å². The van der Waals surface area contributed by atoms with E-state index in [1.54, 1.807) is 18.6 Å². The Morgan fingerprint density at radius 3 is 2.62 bits per heavy atom. The van der Waals surface area contributed by atoms with Gasteiger partial charge < -0.3 is 10.2 Å². The van der Waals surface area contributed by atoms with E-state index in [1.807, 2.05) is 38.2 Å². The molecule has 1 amide bonds. The number of hydrogen-bond donors (Lipinski definition) is 1. The molecule has 5 nitrogen and oxygen atoms in total. The van der Waals surface area contributed by atoms with Gasteiger partial charge in [-0.3, -0.25) is 9.78 Å². The van der Waals surface area contributed by atoms with E-state index < -0.39 is 0 Å². The Morgan fingerprint density at radius 2 is 2.00 bits per heavy atom. The van der Waals surface area contributed by atoms with Crippen LogP contribution in [0.15, 0.2) is 42.9 Å². The fourth-order valence-electron chi connectivity index (χ4n) is 1.90. The van der Waals surface area contributed by atoms with Crippen molar-refractivity contribution in [2.45, 2.75) is 19.8 Å². The van der Waals surface area contributed by atoms with Gasteiger partial charge in [0.2, 0.25) is 5.91 Å². The van der Waals surface area contributed by atoms with Gasteiger partial charge in [-0.25, -0.2) is 4.98 Å². The molecule has 2 aromatic heterocycles. The third kappa shape index (κ3) is 4.56. The lowest BCUT2D eigenvalue weighted by Crippen LogP contribution is -2.21. The second-order valence-electron chi connectivity index (χ2n) is 4.83. The van der Waals surface area contributed by atoms with Crippen LogP contribution in [0.25, 0.3) is 0 Å². The number of hydrogen-bond acceptors (Lipinski definition) is 4. The summed E-state index contributed by atoms with van der Waals surface area (Å²) in [7, 11) is 2.01. The molecular formula is C16H20N4O. The van der Waals surface area contributed by atoms with Gasteiger partial charge in [0.05, 0.1) is 11.9 Å². The lowest BCUT2D eigenvalue weighted by atomic mass is 10.2. The van der Waals surface area contributed by atoms with Gasteiger partial charge in [-0.05, 0) is 36.2 Å². The molecule has 0 saturated carbocycles. The smallest absolute Gasteiger partial charge is 0.224 e. The van der Waals surface area contributed by atoms with Crippen LogP contribution >= 0.6 is 0 Å². The topological polar surface area (TPSA) is 58.1 Å². The maximum atomic E-state index is 11.3. The zero-order chi connectivity index (χ0) is 15.1. The number of aromatic nitrogens is 2. The summed E-state index contributed by atoms with van der Waals surface area (Å²) in [6.07, 6.45) is 6.70. The fourth-order valence-corrected chi connectivity index (χ4v) is 1.90. The van der Waals surface area contributed by atoms with Gasteiger partial charge in [-0.15, -0.1) is 0 Å². The van der Waals surface area contributed by atoms with Crippen molar-refractivity contribution in [1.29, 1.82) is 0 Å². The minimum atomic E-state index is -0.00408. The zero-order valence-corrected chi connectivity index (χ0v) is 12.4. The van der Waals surface area contributed by atoms with Crippen LogP contribution in [0.2, 0.25) is 0 Å². The molecule has 1 N–H and O–H groups in total. The molecule has 0 aliphatic carbocycles. The second-order valence-corrected chi connectivity index (χ2v) is 4.83. The fraction of sp³-hybridized carbons (Fsp3) is 0.312. The largest absolute Gasteiger partial charge is 0.359 e. The lowest BCUT2D eigenvalue weighted by molar-refractivity contribution is -0.115. The van der Waals surface area contributed by atoms with Gasteiger partial charge in [-0.2, -0.15) is 0 Å². The molecule has 2 aromatic rings. The molecule has 21 heavy (non-hydrogen) atoms. The van der Waals surface area contributed by atoms with E-state index in [0.29, 0.717) is 6.42 Å². The summed E-state index contributed by atoms with van der Waals surface area (Å²) in [6, 6.07) is 7.83. The summed E-state index contributed by atoms with van der Waals surface area (Å²) < 4.78 is 0. The maximum absolute atomic E-state index is 11.3. The summed E-state index contributed by atoms with van der Waals surface area (Å²) in [5, 5.41) is 2.79. The minimum Gasteiger partial charge on any atom is -0.359 e. The van der Waals surface area contributed by atoms with E-state index in [2.05, 4.69) is 20.2 Å². The molecule has 2 rings (SSSR count). The molecule has 0 spiro atoms. The first kappa shape index (κ1) is 15.0. The Kier molecular flexibility index (Phi) is 5.26. The normalized spacial score (nSPS) is 10.2. The highest BCUT2D eigenvalue weighted by Gasteiger charge is 2.04. The Balaban J connectivity index is 1.90. The molecule has 110 valence electrons. The highest BCUT2D eigenvalue weighted by atomic mass is 16.1. The Hall–Kier alpha value is -2.43. The summed E-state index contributed by atoms with van der Waals surface area (Å²) in [4.78, 5) is 21.8. The van der Waals surface area contributed by atoms with Crippen LogP contribution in [0.3, 0.4) is 0 Å². The average molecular weight is 284 g/mol. The highest BCUT2D eigenvalue weighted by Crippen LogP contribution is 2.13. The van der Waals surface area contributed by atoms with Crippen LogP contribution in [0.5, 0.6) is 0 Å². The average Bonchev–Trinajstić information content (AvgIpc) is 2.54. The van der Waals surface area contributed by atoms with Crippen LogP contribution in [0, 0.1) is 0 Å². The van der Waals surface area contributed by atoms with Crippen molar-refractivity contribution in [1.82, 2.24) is 9.97 Å². The summed E-state index contributed by atoms with van der Waals surface area (Å²) >= 11 is 0. The van der Waals surface area contributed by atoms with Crippen molar-refractivity contribution in [3.8, 4) is 0 Å². The molecule has 5 heteroatoms. The Morgan fingerprint density at radius 1 is 1.24 bits per heavy atom. The van der Waals surface area contributed by atoms with Gasteiger partial charge in [0, 0.05) is 32.4 Å². The van der Waals surface area contributed by atoms with E-state index in [0.717, 1.165) is 24.5 Å². The second kappa shape index (κ2) is 7.38. The maximum Gasteiger partial charge on any atom is 0.224 e. The zero-order valence-electron chi connectivity index (χ0n) is 12.4. The van der Waals surface area contributed by atoms with Crippen LogP contribution in [0.1, 0.15) is 18.9 Å². The van der Waals surface area contributed by atoms with Gasteiger partial charge in [-0.1, -0.05) is 6.92 Å². The van der Waals surface area contributed by atoms with E-state index >= 15 is 0 Å². The summed E-state index contributed by atoms with van der Waals surface area (Å²) in [6.45, 7) is 2.70. The number of rotatable bonds is 6. The highest BCUT2D eigenvalue weighted by molar-refractivity contribution is 5.90. The molecule has 0 aromatic carbocycles. The molecule has 0 radical (unpaired) electrons. The molecule has 0 aliphatic heterocycles. The molecule has 0 saturated heterocycles. The van der Waals surface area contributed by atoms with Crippen LogP contribution < -0.4 is 10.2 Å². The van der Waals surface area contributed by atoms with Gasteiger partial charge in [0.15, 0.2) is 0 Å². The number of pyridine rings is 2. The van der Waals surface area contributed by atoms with Gasteiger partial charge >= 0.3 is 0 Å². The van der Waals surface area contributed by atoms with Gasteiger partial charge in [0.1, 0.15) is 5.82 Å². The molecular weight excluding hydrogens is 264 g/mol. The predicted molar refractivity (Wildman–Crippen MR) is 84.4 cm³/mol. The number of carbonyl (C=O) groups is 1. The first-order chi connectivity index (χ1) is 10.2. The van der Waals surface area contributed by atoms with Gasteiger partial charge in [0.25, 0.3) is 0 Å². The van der Waals surface area contributed by atoms with Crippen molar-refractivity contribution >= 4 is 17.4 Å².